The summed E-state index contributed by atoms with van der Waals surface area (Å²) in [6, 6.07) is 5.07. The fraction of sp³-hybridized carbons (Fsp3) is 0.533. The van der Waals surface area contributed by atoms with Crippen molar-refractivity contribution in [3.63, 3.8) is 0 Å². The summed E-state index contributed by atoms with van der Waals surface area (Å²) < 4.78 is 27.9. The molecule has 1 rings (SSSR count). The quantitative estimate of drug-likeness (QED) is 0.525. The maximum atomic E-state index is 12.5. The van der Waals surface area contributed by atoms with Gasteiger partial charge in [0.15, 0.2) is 5.78 Å². The average molecular weight is 330 g/mol. The molecule has 0 heterocycles. The van der Waals surface area contributed by atoms with Gasteiger partial charge in [0.05, 0.1) is 25.9 Å². The van der Waals surface area contributed by atoms with E-state index in [0.717, 1.165) is 5.56 Å². The van der Waals surface area contributed by atoms with Crippen molar-refractivity contribution in [2.24, 2.45) is 0 Å². The molecule has 0 aliphatic rings. The lowest BCUT2D eigenvalue weighted by Crippen LogP contribution is -2.12. The van der Waals surface area contributed by atoms with Gasteiger partial charge in [-0.1, -0.05) is 6.07 Å². The Bertz CT molecular complexity index is 533. The summed E-state index contributed by atoms with van der Waals surface area (Å²) in [6.45, 7) is 3.77. The van der Waals surface area contributed by atoms with Gasteiger partial charge in [0.25, 0.3) is 0 Å². The van der Waals surface area contributed by atoms with Gasteiger partial charge in [-0.05, 0) is 38.0 Å². The molecule has 0 bridgehead atoms. The van der Waals surface area contributed by atoms with Crippen molar-refractivity contribution in [2.75, 3.05) is 33.1 Å². The Morgan fingerprint density at radius 1 is 1.23 bits per heavy atom. The minimum atomic E-state index is -3.46. The zero-order chi connectivity index (χ0) is 16.6. The first kappa shape index (κ1) is 18.8. The first-order valence-electron chi connectivity index (χ1n) is 7.18. The van der Waals surface area contributed by atoms with E-state index in [1.165, 1.54) is 7.11 Å². The van der Waals surface area contributed by atoms with Gasteiger partial charge >= 0.3 is 7.60 Å². The second-order valence-corrected chi connectivity index (χ2v) is 6.59. The van der Waals surface area contributed by atoms with Gasteiger partial charge in [0.2, 0.25) is 0 Å². The molecule has 0 aliphatic carbocycles. The topological polar surface area (TPSA) is 82.1 Å². The molecule has 0 unspecified atom stereocenters. The van der Waals surface area contributed by atoms with Crippen LogP contribution >= 0.6 is 7.60 Å². The highest BCUT2D eigenvalue weighted by Gasteiger charge is 2.29. The Morgan fingerprint density at radius 2 is 1.86 bits per heavy atom. The van der Waals surface area contributed by atoms with Crippen molar-refractivity contribution in [2.45, 2.75) is 20.3 Å². The smallest absolute Gasteiger partial charge is 0.338 e. The lowest BCUT2D eigenvalue weighted by molar-refractivity contribution is 0.100. The van der Waals surface area contributed by atoms with Crippen LogP contribution in [-0.4, -0.2) is 44.0 Å². The second kappa shape index (κ2) is 9.06. The van der Waals surface area contributed by atoms with Crippen molar-refractivity contribution in [3.8, 4) is 5.75 Å². The van der Waals surface area contributed by atoms with Crippen LogP contribution in [0.4, 0.5) is 0 Å². The molecule has 124 valence electrons. The molecule has 0 aromatic heterocycles. The van der Waals surface area contributed by atoms with Gasteiger partial charge in [-0.25, -0.2) is 0 Å². The van der Waals surface area contributed by atoms with Crippen LogP contribution in [0.2, 0.25) is 0 Å². The SMILES string of the molecule is CCOP(=O)(CC(=O)c1cc(CCO)ccc1OC)OCC. The molecule has 0 saturated heterocycles. The summed E-state index contributed by atoms with van der Waals surface area (Å²) in [5, 5.41) is 9.00. The molecular formula is C15H23O6P. The molecule has 0 aliphatic heterocycles. The average Bonchev–Trinajstić information content (AvgIpc) is 2.47. The Morgan fingerprint density at radius 3 is 2.36 bits per heavy atom. The lowest BCUT2D eigenvalue weighted by atomic mass is 10.0. The van der Waals surface area contributed by atoms with Gasteiger partial charge < -0.3 is 18.9 Å². The largest absolute Gasteiger partial charge is 0.496 e. The molecule has 0 spiro atoms. The molecular weight excluding hydrogens is 307 g/mol. The van der Waals surface area contributed by atoms with Crippen LogP contribution in [0.3, 0.4) is 0 Å². The normalized spacial score (nSPS) is 11.5. The number of aliphatic hydroxyl groups is 1. The fourth-order valence-corrected chi connectivity index (χ4v) is 3.61. The molecule has 1 aromatic carbocycles. The predicted octanol–water partition coefficient (Wildman–Crippen LogP) is 2.68. The van der Waals surface area contributed by atoms with Gasteiger partial charge in [-0.3, -0.25) is 9.36 Å². The summed E-state index contributed by atoms with van der Waals surface area (Å²) in [5.74, 6) is 0.0214. The van der Waals surface area contributed by atoms with E-state index >= 15 is 0 Å². The zero-order valence-electron chi connectivity index (χ0n) is 13.2. The summed E-state index contributed by atoms with van der Waals surface area (Å²) in [4.78, 5) is 12.5. The van der Waals surface area contributed by atoms with E-state index in [1.807, 2.05) is 0 Å². The van der Waals surface area contributed by atoms with Gasteiger partial charge in [0.1, 0.15) is 11.9 Å². The molecule has 0 saturated carbocycles. The van der Waals surface area contributed by atoms with E-state index in [0.29, 0.717) is 17.7 Å². The monoisotopic (exact) mass is 330 g/mol. The summed E-state index contributed by atoms with van der Waals surface area (Å²) in [6.07, 6.45) is 0.0898. The van der Waals surface area contributed by atoms with Crippen molar-refractivity contribution < 1.29 is 28.3 Å². The molecule has 0 amide bonds. The second-order valence-electron chi connectivity index (χ2n) is 4.54. The number of ketones is 1. The van der Waals surface area contributed by atoms with Gasteiger partial charge in [-0.2, -0.15) is 0 Å². The molecule has 22 heavy (non-hydrogen) atoms. The van der Waals surface area contributed by atoms with Crippen molar-refractivity contribution in [1.82, 2.24) is 0 Å². The molecule has 0 fully saturated rings. The Balaban J connectivity index is 3.04. The van der Waals surface area contributed by atoms with Gasteiger partial charge in [-0.15, -0.1) is 0 Å². The highest BCUT2D eigenvalue weighted by atomic mass is 31.2. The number of ether oxygens (including phenoxy) is 1. The highest BCUT2D eigenvalue weighted by Crippen LogP contribution is 2.48. The Kier molecular flexibility index (Phi) is 7.76. The highest BCUT2D eigenvalue weighted by molar-refractivity contribution is 7.54. The first-order chi connectivity index (χ1) is 10.5. The van der Waals surface area contributed by atoms with Crippen LogP contribution in [0, 0.1) is 0 Å². The number of carbonyl (C=O) groups excluding carboxylic acids is 1. The van der Waals surface area contributed by atoms with Crippen LogP contribution in [-0.2, 0) is 20.0 Å². The summed E-state index contributed by atoms with van der Waals surface area (Å²) in [7, 11) is -2.00. The van der Waals surface area contributed by atoms with Gasteiger partial charge in [0, 0.05) is 6.61 Å². The minimum Gasteiger partial charge on any atom is -0.496 e. The van der Waals surface area contributed by atoms with Crippen LogP contribution in [0.15, 0.2) is 18.2 Å². The van der Waals surface area contributed by atoms with Crippen LogP contribution in [0.1, 0.15) is 29.8 Å². The van der Waals surface area contributed by atoms with E-state index in [2.05, 4.69) is 0 Å². The number of hydrogen-bond acceptors (Lipinski definition) is 6. The van der Waals surface area contributed by atoms with Crippen LogP contribution < -0.4 is 4.74 Å². The number of rotatable bonds is 10. The van der Waals surface area contributed by atoms with E-state index in [-0.39, 0.29) is 31.8 Å². The first-order valence-corrected chi connectivity index (χ1v) is 8.91. The molecule has 0 atom stereocenters. The third kappa shape index (κ3) is 5.21. The number of aliphatic hydroxyl groups excluding tert-OH is 1. The molecule has 6 nitrogen and oxygen atoms in total. The van der Waals surface area contributed by atoms with Crippen LogP contribution in [0.5, 0.6) is 5.75 Å². The Hall–Kier alpha value is -1.20. The fourth-order valence-electron chi connectivity index (χ4n) is 2.04. The third-order valence-electron chi connectivity index (χ3n) is 2.95. The Labute approximate surface area is 130 Å². The summed E-state index contributed by atoms with van der Waals surface area (Å²) in [5.41, 5.74) is 1.11. The van der Waals surface area contributed by atoms with Crippen molar-refractivity contribution in [1.29, 1.82) is 0 Å². The summed E-state index contributed by atoms with van der Waals surface area (Å²) >= 11 is 0. The predicted molar refractivity (Wildman–Crippen MR) is 83.8 cm³/mol. The standard InChI is InChI=1S/C15H23O6P/c1-4-20-22(18,21-5-2)11-14(17)13-10-12(8-9-16)6-7-15(13)19-3/h6-7,10,16H,4-5,8-9,11H2,1-3H3. The number of benzene rings is 1. The van der Waals surface area contributed by atoms with E-state index < -0.39 is 7.60 Å². The van der Waals surface area contributed by atoms with Crippen molar-refractivity contribution >= 4 is 13.4 Å². The third-order valence-corrected chi connectivity index (χ3v) is 4.93. The van der Waals surface area contributed by atoms with E-state index in [9.17, 15) is 9.36 Å². The minimum absolute atomic E-state index is 0.0175. The zero-order valence-corrected chi connectivity index (χ0v) is 14.1. The maximum Gasteiger partial charge on any atom is 0.338 e. The molecule has 7 heteroatoms. The van der Waals surface area contributed by atoms with E-state index in [1.54, 1.807) is 32.0 Å². The molecule has 0 radical (unpaired) electrons. The maximum absolute atomic E-state index is 12.5. The number of carbonyl (C=O) groups is 1. The number of Topliss-reactive ketones (excluding diaryl/α,β-unsaturated/α-hetero) is 1. The molecule has 1 aromatic rings. The number of hydrogen-bond donors (Lipinski definition) is 1. The van der Waals surface area contributed by atoms with E-state index in [4.69, 9.17) is 18.9 Å². The van der Waals surface area contributed by atoms with Crippen molar-refractivity contribution in [3.05, 3.63) is 29.3 Å². The number of methoxy groups -OCH3 is 1. The lowest BCUT2D eigenvalue weighted by Gasteiger charge is -2.17. The molecule has 1 N–H and O–H groups in total. The van der Waals surface area contributed by atoms with Crippen LogP contribution in [0.25, 0.3) is 0 Å².